The number of nitrogens with zero attached hydrogens (tertiary/aromatic N) is 4. The fraction of sp³-hybridized carbons (Fsp3) is 0.500. The van der Waals surface area contributed by atoms with Crippen LogP contribution in [0.4, 0.5) is 4.79 Å². The Labute approximate surface area is 432 Å². The molecule has 1 aromatic heterocycles. The number of benzene rings is 2. The molecular formula is C48H65N15O10S. The standard InChI is InChI=1S/C48H65N15O10S/c49-47(50)52-20-8-12-32-43(69)54-24-39(65)55-35(22-40(66)67)46(72)58-34(21-28-9-2-1-3-10-28)45(71)57-33(44(70)56-32)11-6-7-19-51-42(68)30-17-15-29(16-18-30)25-63-26-31(61-62-63)23-53-38(64)14-5-4-13-37-41-36(27-74-37)59-48(73)60-41/h1-3,9-10,15-18,26,32-37,41H,4-8,11-14,19-25,27H2,(H,51,68)(H,53,64)(H,54,69)(H,55,65)(H,56,70)(H,57,71)(H,58,72)(H,66,67)(H4,49,50,52)(H2,59,60,73)/t32-,33-,34+,35-,36-,37-,41-/m0/s1/i26D. The summed E-state index contributed by atoms with van der Waals surface area (Å²) in [6.45, 7) is -0.141. The number of carboxylic acid groups (broad SMARTS) is 1. The van der Waals surface area contributed by atoms with Crippen LogP contribution in [0.25, 0.3) is 0 Å². The van der Waals surface area contributed by atoms with Crippen LogP contribution in [0.3, 0.4) is 0 Å². The number of hydrogen-bond donors (Lipinski definition) is 12. The van der Waals surface area contributed by atoms with E-state index in [1.54, 1.807) is 54.6 Å². The van der Waals surface area contributed by atoms with E-state index in [0.717, 1.165) is 24.2 Å². The van der Waals surface area contributed by atoms with Crippen molar-refractivity contribution >= 4 is 71.1 Å². The lowest BCUT2D eigenvalue weighted by Crippen LogP contribution is -2.58. The highest BCUT2D eigenvalue weighted by Gasteiger charge is 2.42. The van der Waals surface area contributed by atoms with Crippen molar-refractivity contribution in [3.8, 4) is 0 Å². The fourth-order valence-corrected chi connectivity index (χ4v) is 10.1. The van der Waals surface area contributed by atoms with E-state index in [1.165, 1.54) is 4.68 Å². The van der Waals surface area contributed by atoms with Crippen molar-refractivity contribution < 1.29 is 49.6 Å². The quantitative estimate of drug-likeness (QED) is 0.0221. The van der Waals surface area contributed by atoms with E-state index in [-0.39, 0.29) is 100 Å². The lowest BCUT2D eigenvalue weighted by atomic mass is 10.0. The molecule has 0 unspecified atom stereocenters. The number of amides is 9. The third-order valence-electron chi connectivity index (χ3n) is 12.4. The highest BCUT2D eigenvalue weighted by Crippen LogP contribution is 2.33. The van der Waals surface area contributed by atoms with Crippen LogP contribution in [0.1, 0.15) is 92.8 Å². The Morgan fingerprint density at radius 1 is 0.770 bits per heavy atom. The van der Waals surface area contributed by atoms with E-state index in [1.807, 2.05) is 11.8 Å². The molecule has 0 spiro atoms. The van der Waals surface area contributed by atoms with Gasteiger partial charge in [0.25, 0.3) is 5.91 Å². The number of rotatable bonds is 23. The molecule has 7 atom stereocenters. The zero-order chi connectivity index (χ0) is 53.9. The normalized spacial score (nSPS) is 22.4. The number of carboxylic acids is 1. The number of carbonyl (C=O) groups excluding carboxylic acids is 8. The second-order valence-electron chi connectivity index (χ2n) is 18.2. The fourth-order valence-electron chi connectivity index (χ4n) is 8.54. The number of aromatic nitrogens is 3. The number of guanidine groups is 1. The van der Waals surface area contributed by atoms with Crippen LogP contribution in [0.5, 0.6) is 0 Å². The minimum Gasteiger partial charge on any atom is -0.481 e. The summed E-state index contributed by atoms with van der Waals surface area (Å²) < 4.78 is 9.95. The minimum atomic E-state index is -1.62. The number of fused-ring (bicyclic) bond motifs is 1. The average Bonchev–Trinajstić information content (AvgIpc) is 4.06. The average molecular weight is 1050 g/mol. The van der Waals surface area contributed by atoms with Gasteiger partial charge >= 0.3 is 12.0 Å². The van der Waals surface area contributed by atoms with Gasteiger partial charge in [0.05, 0.1) is 45.7 Å². The van der Waals surface area contributed by atoms with Gasteiger partial charge in [-0.3, -0.25) is 43.3 Å². The van der Waals surface area contributed by atoms with E-state index < -0.39 is 72.6 Å². The molecule has 0 bridgehead atoms. The van der Waals surface area contributed by atoms with Crippen molar-refractivity contribution in [1.29, 1.82) is 0 Å². The Morgan fingerprint density at radius 3 is 2.20 bits per heavy atom. The molecule has 3 fully saturated rings. The van der Waals surface area contributed by atoms with Crippen molar-refractivity contribution in [2.45, 2.75) is 125 Å². The molecule has 2 aromatic carbocycles. The van der Waals surface area contributed by atoms with Gasteiger partial charge in [-0.05, 0) is 68.2 Å². The summed E-state index contributed by atoms with van der Waals surface area (Å²) in [7, 11) is 0. The molecular weight excluding hydrogens is 979 g/mol. The number of aliphatic carboxylic acids is 1. The molecule has 25 nitrogen and oxygen atoms in total. The van der Waals surface area contributed by atoms with E-state index >= 15 is 0 Å². The maximum Gasteiger partial charge on any atom is 0.315 e. The first-order valence-corrected chi connectivity index (χ1v) is 25.6. The summed E-state index contributed by atoms with van der Waals surface area (Å²) in [5.41, 5.74) is 12.9. The molecule has 3 saturated heterocycles. The van der Waals surface area contributed by atoms with Gasteiger partial charge in [0.1, 0.15) is 29.9 Å². The Bertz CT molecular complexity index is 2550. The van der Waals surface area contributed by atoms with Crippen LogP contribution in [0.15, 0.2) is 65.8 Å². The lowest BCUT2D eigenvalue weighted by molar-refractivity contribution is -0.141. The van der Waals surface area contributed by atoms with Gasteiger partial charge in [-0.2, -0.15) is 11.8 Å². The largest absolute Gasteiger partial charge is 0.481 e. The molecule has 74 heavy (non-hydrogen) atoms. The van der Waals surface area contributed by atoms with E-state index in [0.29, 0.717) is 41.3 Å². The number of nitrogens with two attached hydrogens (primary N) is 2. The minimum absolute atomic E-state index is 0.0153. The molecule has 0 radical (unpaired) electrons. The highest BCUT2D eigenvalue weighted by atomic mass is 32.2. The number of unbranched alkanes of at least 4 members (excludes halogenated alkanes) is 2. The van der Waals surface area contributed by atoms with E-state index in [4.69, 9.17) is 12.8 Å². The molecule has 0 saturated carbocycles. The van der Waals surface area contributed by atoms with Crippen LogP contribution < -0.4 is 59.3 Å². The summed E-state index contributed by atoms with van der Waals surface area (Å²) in [6, 6.07) is 10.0. The smallest absolute Gasteiger partial charge is 0.315 e. The maximum absolute atomic E-state index is 14.1. The second kappa shape index (κ2) is 27.9. The Balaban J connectivity index is 1.01. The Morgan fingerprint density at radius 2 is 1.46 bits per heavy atom. The van der Waals surface area contributed by atoms with Crippen molar-refractivity contribution in [2.24, 2.45) is 16.5 Å². The summed E-state index contributed by atoms with van der Waals surface area (Å²) in [5, 5.41) is 42.2. The molecule has 398 valence electrons. The van der Waals surface area contributed by atoms with Crippen molar-refractivity contribution in [3.63, 3.8) is 0 Å². The zero-order valence-corrected chi connectivity index (χ0v) is 41.5. The molecule has 6 rings (SSSR count). The number of thioether (sulfide) groups is 1. The van der Waals surface area contributed by atoms with E-state index in [2.05, 4.69) is 63.2 Å². The first-order valence-electron chi connectivity index (χ1n) is 25.0. The summed E-state index contributed by atoms with van der Waals surface area (Å²) >= 11 is 1.84. The van der Waals surface area contributed by atoms with Gasteiger partial charge < -0.3 is 64.4 Å². The van der Waals surface area contributed by atoms with Gasteiger partial charge in [-0.25, -0.2) is 9.48 Å². The summed E-state index contributed by atoms with van der Waals surface area (Å²) in [6.07, 6.45) is 2.81. The third kappa shape index (κ3) is 17.8. The second-order valence-corrected chi connectivity index (χ2v) is 19.4. The number of carbonyl (C=O) groups is 9. The van der Waals surface area contributed by atoms with Gasteiger partial charge in [0.15, 0.2) is 5.96 Å². The molecule has 3 aliphatic rings. The molecule has 3 aliphatic heterocycles. The maximum atomic E-state index is 14.1. The molecule has 9 amide bonds. The molecule has 14 N–H and O–H groups in total. The first kappa shape index (κ1) is 54.0. The van der Waals surface area contributed by atoms with Crippen LogP contribution in [-0.4, -0.2) is 146 Å². The summed E-state index contributed by atoms with van der Waals surface area (Å²) in [4.78, 5) is 121. The van der Waals surface area contributed by atoms with Gasteiger partial charge in [0.2, 0.25) is 35.4 Å². The molecule has 4 heterocycles. The molecule has 26 heteroatoms. The Kier molecular flexibility index (Phi) is 20.4. The number of nitrogens with one attached hydrogen (secondary N) is 9. The number of hydrogen-bond acceptors (Lipinski definition) is 13. The Hall–Kier alpha value is -7.77. The van der Waals surface area contributed by atoms with E-state index in [9.17, 15) is 48.3 Å². The third-order valence-corrected chi connectivity index (χ3v) is 13.9. The van der Waals surface area contributed by atoms with Gasteiger partial charge in [-0.15, -0.1) is 5.10 Å². The SMILES string of the molecule is [2H]c1c(CNC(=O)CCCC[C@@H]2SC[C@@H]3NC(=O)N[C@@H]32)nnn1Cc1ccc(C(=O)NCCCC[C@@H]2NC(=O)[C@@H](Cc3ccccc3)NC(=O)[C@H](CC(=O)O)NC(=O)CNC(=O)[C@H](CCCN=C(N)N)NC2=O)cc1. The zero-order valence-electron chi connectivity index (χ0n) is 41.7. The predicted octanol–water partition coefficient (Wildman–Crippen LogP) is -1.59. The van der Waals surface area contributed by atoms with Gasteiger partial charge in [-0.1, -0.05) is 54.1 Å². The van der Waals surface area contributed by atoms with Crippen LogP contribution in [-0.2, 0) is 53.1 Å². The van der Waals surface area contributed by atoms with Crippen molar-refractivity contribution in [3.05, 3.63) is 83.2 Å². The predicted molar refractivity (Wildman–Crippen MR) is 271 cm³/mol. The van der Waals surface area contributed by atoms with Crippen LogP contribution in [0, 0.1) is 0 Å². The number of urea groups is 1. The lowest BCUT2D eigenvalue weighted by Gasteiger charge is -2.26. The summed E-state index contributed by atoms with van der Waals surface area (Å²) in [5.74, 6) is -5.44. The van der Waals surface area contributed by atoms with Crippen molar-refractivity contribution in [1.82, 2.24) is 62.8 Å². The highest BCUT2D eigenvalue weighted by molar-refractivity contribution is 8.00. The number of aliphatic imine (C=N–C) groups is 1. The monoisotopic (exact) mass is 1040 g/mol. The topological polar surface area (TPSA) is 377 Å². The van der Waals surface area contributed by atoms with Crippen molar-refractivity contribution in [2.75, 3.05) is 25.4 Å². The van der Waals surface area contributed by atoms with Gasteiger partial charge in [0, 0.05) is 42.5 Å². The van der Waals surface area contributed by atoms with Crippen LogP contribution in [0.2, 0.25) is 0 Å². The van der Waals surface area contributed by atoms with Crippen LogP contribution >= 0.6 is 11.8 Å². The molecule has 0 aliphatic carbocycles. The first-order chi connectivity index (χ1) is 36.0. The molecule has 3 aromatic rings.